The molecule has 1 aliphatic rings. The van der Waals surface area contributed by atoms with Crippen molar-refractivity contribution in [2.75, 3.05) is 0 Å². The number of hydrogen-bond acceptors (Lipinski definition) is 2. The van der Waals surface area contributed by atoms with Crippen LogP contribution < -0.4 is 0 Å². The van der Waals surface area contributed by atoms with Crippen molar-refractivity contribution in [2.24, 2.45) is 5.92 Å². The predicted octanol–water partition coefficient (Wildman–Crippen LogP) is 5.41. The highest BCUT2D eigenvalue weighted by molar-refractivity contribution is 7.58. The lowest BCUT2D eigenvalue weighted by Gasteiger charge is -2.45. The summed E-state index contributed by atoms with van der Waals surface area (Å²) in [5.74, 6) is -1.13. The van der Waals surface area contributed by atoms with Crippen molar-refractivity contribution in [3.63, 3.8) is 0 Å². The van der Waals surface area contributed by atoms with E-state index in [9.17, 15) is 19.4 Å². The van der Waals surface area contributed by atoms with E-state index in [2.05, 4.69) is 0 Å². The monoisotopic (exact) mass is 386 g/mol. The Morgan fingerprint density at radius 3 is 2.07 bits per heavy atom. The molecule has 0 saturated heterocycles. The minimum absolute atomic E-state index is 0.00743. The third-order valence-electron chi connectivity index (χ3n) is 5.84. The Hall–Kier alpha value is -1.90. The summed E-state index contributed by atoms with van der Waals surface area (Å²) >= 11 is 0. The number of aliphatic carboxylic acids is 1. The first-order valence-electron chi connectivity index (χ1n) is 9.59. The van der Waals surface area contributed by atoms with E-state index in [0.29, 0.717) is 5.56 Å². The molecule has 2 aromatic carbocycles. The Bertz CT molecular complexity index is 800. The zero-order valence-electron chi connectivity index (χ0n) is 15.5. The standard InChI is InChI=1S/C22H27O4P/c23-21(24)16-22(19-12-6-2-7-13-19,20-14-8-3-9-15-20)27(25,26)17-18-10-4-1-5-11-18/h1-2,4-7,10-13,20H,3,8-9,14-17H2,(H,23,24)(H,25,26). The third kappa shape index (κ3) is 4.17. The molecular formula is C22H27O4P. The fourth-order valence-electron chi connectivity index (χ4n) is 4.60. The molecule has 2 N–H and O–H groups in total. The molecule has 0 amide bonds. The fourth-order valence-corrected chi connectivity index (χ4v) is 7.35. The summed E-state index contributed by atoms with van der Waals surface area (Å²) in [7, 11) is -3.88. The van der Waals surface area contributed by atoms with Gasteiger partial charge in [-0.1, -0.05) is 79.9 Å². The maximum atomic E-state index is 13.9. The topological polar surface area (TPSA) is 74.6 Å². The zero-order valence-corrected chi connectivity index (χ0v) is 16.4. The molecule has 5 heteroatoms. The summed E-state index contributed by atoms with van der Waals surface area (Å²) in [5.41, 5.74) is 1.45. The molecule has 0 bridgehead atoms. The maximum Gasteiger partial charge on any atom is 0.304 e. The average Bonchev–Trinajstić information content (AvgIpc) is 2.67. The van der Waals surface area contributed by atoms with Gasteiger partial charge in [0.2, 0.25) is 7.37 Å². The number of benzene rings is 2. The summed E-state index contributed by atoms with van der Waals surface area (Å²) in [6.45, 7) is 0. The summed E-state index contributed by atoms with van der Waals surface area (Å²) in [6, 6.07) is 18.4. The highest BCUT2D eigenvalue weighted by Gasteiger charge is 2.54. The van der Waals surface area contributed by atoms with Gasteiger partial charge in [0, 0.05) is 0 Å². The van der Waals surface area contributed by atoms with E-state index in [1.165, 1.54) is 0 Å². The molecule has 4 nitrogen and oxygen atoms in total. The van der Waals surface area contributed by atoms with E-state index in [-0.39, 0.29) is 18.5 Å². The van der Waals surface area contributed by atoms with Crippen LogP contribution in [-0.2, 0) is 20.7 Å². The van der Waals surface area contributed by atoms with Gasteiger partial charge in [0.1, 0.15) is 0 Å². The van der Waals surface area contributed by atoms with E-state index < -0.39 is 18.5 Å². The largest absolute Gasteiger partial charge is 0.481 e. The molecule has 0 aromatic heterocycles. The number of carboxylic acids is 1. The van der Waals surface area contributed by atoms with Crippen molar-refractivity contribution in [2.45, 2.75) is 49.8 Å². The molecule has 2 unspecified atom stereocenters. The van der Waals surface area contributed by atoms with Crippen LogP contribution in [0.5, 0.6) is 0 Å². The predicted molar refractivity (Wildman–Crippen MR) is 107 cm³/mol. The molecule has 27 heavy (non-hydrogen) atoms. The quantitative estimate of drug-likeness (QED) is 0.624. The van der Waals surface area contributed by atoms with Crippen LogP contribution >= 0.6 is 7.37 Å². The normalized spacial score (nSPS) is 19.7. The van der Waals surface area contributed by atoms with Gasteiger partial charge in [-0.2, -0.15) is 0 Å². The summed E-state index contributed by atoms with van der Waals surface area (Å²) < 4.78 is 13.9. The lowest BCUT2D eigenvalue weighted by Crippen LogP contribution is -2.39. The van der Waals surface area contributed by atoms with Crippen LogP contribution in [0.25, 0.3) is 0 Å². The van der Waals surface area contributed by atoms with Gasteiger partial charge < -0.3 is 10.00 Å². The molecule has 144 valence electrons. The molecule has 0 aliphatic heterocycles. The number of carbonyl (C=O) groups is 1. The van der Waals surface area contributed by atoms with Crippen LogP contribution in [0.3, 0.4) is 0 Å². The minimum Gasteiger partial charge on any atom is -0.481 e. The number of rotatable bonds is 7. The van der Waals surface area contributed by atoms with Crippen LogP contribution in [0.4, 0.5) is 0 Å². The summed E-state index contributed by atoms with van der Waals surface area (Å²) in [5, 5.41) is 8.48. The van der Waals surface area contributed by atoms with Gasteiger partial charge >= 0.3 is 5.97 Å². The van der Waals surface area contributed by atoms with Gasteiger partial charge in [0.15, 0.2) is 0 Å². The van der Waals surface area contributed by atoms with E-state index in [1.807, 2.05) is 60.7 Å². The Morgan fingerprint density at radius 2 is 1.52 bits per heavy atom. The molecule has 0 spiro atoms. The zero-order chi connectivity index (χ0) is 19.3. The number of carboxylic acid groups (broad SMARTS) is 1. The molecule has 1 saturated carbocycles. The van der Waals surface area contributed by atoms with Gasteiger partial charge in [-0.25, -0.2) is 0 Å². The van der Waals surface area contributed by atoms with Crippen LogP contribution in [-0.4, -0.2) is 16.0 Å². The smallest absolute Gasteiger partial charge is 0.304 e. The Morgan fingerprint density at radius 1 is 0.963 bits per heavy atom. The second kappa shape index (κ2) is 8.41. The Labute approximate surface area is 160 Å². The van der Waals surface area contributed by atoms with Crippen LogP contribution in [0.1, 0.15) is 49.7 Å². The minimum atomic E-state index is -3.88. The highest BCUT2D eigenvalue weighted by Crippen LogP contribution is 2.69. The third-order valence-corrected chi connectivity index (χ3v) is 8.66. The molecule has 2 aromatic rings. The van der Waals surface area contributed by atoms with E-state index in [1.54, 1.807) is 0 Å². The van der Waals surface area contributed by atoms with E-state index in [0.717, 1.165) is 37.7 Å². The van der Waals surface area contributed by atoms with Gasteiger partial charge in [-0.05, 0) is 29.9 Å². The molecule has 3 rings (SSSR count). The highest BCUT2D eigenvalue weighted by atomic mass is 31.2. The van der Waals surface area contributed by atoms with E-state index >= 15 is 0 Å². The van der Waals surface area contributed by atoms with Crippen LogP contribution in [0.2, 0.25) is 0 Å². The molecule has 0 radical (unpaired) electrons. The first-order valence-corrected chi connectivity index (χ1v) is 11.4. The average molecular weight is 386 g/mol. The Kier molecular flexibility index (Phi) is 6.18. The first-order chi connectivity index (χ1) is 13.0. The van der Waals surface area contributed by atoms with Crippen LogP contribution in [0, 0.1) is 5.92 Å². The van der Waals surface area contributed by atoms with Crippen molar-refractivity contribution >= 4 is 13.3 Å². The molecule has 1 fully saturated rings. The fraction of sp³-hybridized carbons (Fsp3) is 0.409. The van der Waals surface area contributed by atoms with Crippen molar-refractivity contribution in [1.82, 2.24) is 0 Å². The summed E-state index contributed by atoms with van der Waals surface area (Å²) in [6.07, 6.45) is 4.31. The molecule has 1 aliphatic carbocycles. The van der Waals surface area contributed by atoms with Gasteiger partial charge in [-0.15, -0.1) is 0 Å². The second-order valence-corrected chi connectivity index (χ2v) is 10.1. The molecule has 0 heterocycles. The van der Waals surface area contributed by atoms with E-state index in [4.69, 9.17) is 0 Å². The van der Waals surface area contributed by atoms with Crippen molar-refractivity contribution in [3.8, 4) is 0 Å². The number of hydrogen-bond donors (Lipinski definition) is 2. The van der Waals surface area contributed by atoms with Crippen LogP contribution in [0.15, 0.2) is 60.7 Å². The van der Waals surface area contributed by atoms with Crippen molar-refractivity contribution < 1.29 is 19.4 Å². The summed E-state index contributed by atoms with van der Waals surface area (Å²) in [4.78, 5) is 23.3. The van der Waals surface area contributed by atoms with Gasteiger partial charge in [0.25, 0.3) is 0 Å². The SMILES string of the molecule is O=C(O)CC(c1ccccc1)(C1CCCCC1)P(=O)(O)Cc1ccccc1. The Balaban J connectivity index is 2.14. The lowest BCUT2D eigenvalue weighted by atomic mass is 9.74. The van der Waals surface area contributed by atoms with Crippen molar-refractivity contribution in [3.05, 3.63) is 71.8 Å². The molecule has 2 atom stereocenters. The first kappa shape index (κ1) is 19.9. The molecular weight excluding hydrogens is 359 g/mol. The maximum absolute atomic E-state index is 13.9. The van der Waals surface area contributed by atoms with Gasteiger partial charge in [0.05, 0.1) is 17.7 Å². The van der Waals surface area contributed by atoms with Gasteiger partial charge in [-0.3, -0.25) is 9.36 Å². The van der Waals surface area contributed by atoms with Crippen molar-refractivity contribution in [1.29, 1.82) is 0 Å². The lowest BCUT2D eigenvalue weighted by molar-refractivity contribution is -0.138. The second-order valence-electron chi connectivity index (χ2n) is 7.54.